The summed E-state index contributed by atoms with van der Waals surface area (Å²) in [6.07, 6.45) is 3.78. The van der Waals surface area contributed by atoms with Crippen molar-refractivity contribution in [2.45, 2.75) is 12.8 Å². The van der Waals surface area contributed by atoms with Gasteiger partial charge in [-0.05, 0) is 12.8 Å². The maximum absolute atomic E-state index is 8.77. The molecule has 1 rings (SSSR count). The van der Waals surface area contributed by atoms with Crippen LogP contribution in [-0.2, 0) is 0 Å². The van der Waals surface area contributed by atoms with Crippen LogP contribution < -0.4 is 0 Å². The zero-order valence-electron chi connectivity index (χ0n) is 5.06. The van der Waals surface area contributed by atoms with Crippen molar-refractivity contribution >= 4 is 15.2 Å². The maximum Gasteiger partial charge on any atom is 0.420 e. The molecule has 1 saturated heterocycles. The molecule has 0 aliphatic carbocycles. The van der Waals surface area contributed by atoms with Gasteiger partial charge in [0.15, 0.2) is 7.61 Å². The third-order valence-electron chi connectivity index (χ3n) is 1.46. The Bertz CT molecular complexity index is 94.5. The maximum atomic E-state index is 8.77. The summed E-state index contributed by atoms with van der Waals surface area (Å²) in [6, 6.07) is 0. The van der Waals surface area contributed by atoms with Gasteiger partial charge in [0.25, 0.3) is 0 Å². The summed E-state index contributed by atoms with van der Waals surface area (Å²) >= 11 is 0. The van der Waals surface area contributed by atoms with Crippen LogP contribution in [0.25, 0.3) is 0 Å². The highest BCUT2D eigenvalue weighted by Crippen LogP contribution is 2.78. The molecule has 0 saturated carbocycles. The van der Waals surface area contributed by atoms with Crippen LogP contribution in [0.2, 0.25) is 0 Å². The normalized spacial score (nSPS) is 23.0. The van der Waals surface area contributed by atoms with Gasteiger partial charge in [0.05, 0.1) is 0 Å². The fourth-order valence-electron chi connectivity index (χ4n) is 0.969. The molecule has 1 aliphatic heterocycles. The third kappa shape index (κ3) is 2.10. The lowest BCUT2D eigenvalue weighted by atomic mass is 10.4. The molecule has 0 amide bonds. The minimum atomic E-state index is -3.40. The largest absolute Gasteiger partial charge is 0.420 e. The second kappa shape index (κ2) is 2.77. The molecule has 1 fully saturated rings. The van der Waals surface area contributed by atoms with Crippen molar-refractivity contribution in [1.82, 2.24) is 0 Å². The lowest BCUT2D eigenvalue weighted by Gasteiger charge is -2.08. The van der Waals surface area contributed by atoms with Gasteiger partial charge in [-0.3, -0.25) is 0 Å². The van der Waals surface area contributed by atoms with E-state index in [1.807, 2.05) is 0 Å². The van der Waals surface area contributed by atoms with Crippen LogP contribution in [0, 0.1) is 0 Å². The van der Waals surface area contributed by atoms with Crippen molar-refractivity contribution in [3.8, 4) is 0 Å². The predicted octanol–water partition coefficient (Wildman–Crippen LogP) is 0.917. The molecule has 0 aromatic carbocycles. The van der Waals surface area contributed by atoms with Crippen molar-refractivity contribution in [3.63, 3.8) is 0 Å². The van der Waals surface area contributed by atoms with Crippen molar-refractivity contribution in [3.05, 3.63) is 0 Å². The van der Waals surface area contributed by atoms with Gasteiger partial charge in [0, 0.05) is 12.3 Å². The van der Waals surface area contributed by atoms with E-state index < -0.39 is 15.2 Å². The van der Waals surface area contributed by atoms with E-state index in [0.717, 1.165) is 25.2 Å². The Morgan fingerprint density at radius 3 is 1.67 bits per heavy atom. The highest BCUT2D eigenvalue weighted by molar-refractivity contribution is 8.31. The molecule has 5 heteroatoms. The Hall–Kier alpha value is 0.740. The minimum Gasteiger partial charge on any atom is -0.191 e. The van der Waals surface area contributed by atoms with E-state index in [0.29, 0.717) is 0 Å². The minimum absolute atomic E-state index is 0.808. The molecule has 54 valence electrons. The van der Waals surface area contributed by atoms with E-state index in [9.17, 15) is 0 Å². The number of rotatable bonds is 1. The summed E-state index contributed by atoms with van der Waals surface area (Å²) < 4.78 is 0. The summed E-state index contributed by atoms with van der Waals surface area (Å²) in [6.45, 7) is 0. The molecule has 3 N–H and O–H groups in total. The lowest BCUT2D eigenvalue weighted by molar-refractivity contribution is 0.356. The van der Waals surface area contributed by atoms with Crippen molar-refractivity contribution in [1.29, 1.82) is 0 Å². The first-order chi connectivity index (χ1) is 4.11. The number of hydrogen-bond acceptors (Lipinski definition) is 3. The Balaban J connectivity index is 2.42. The fraction of sp³-hybridized carbons (Fsp3) is 1.00. The van der Waals surface area contributed by atoms with Crippen molar-refractivity contribution in [2.24, 2.45) is 0 Å². The molecule has 1 aliphatic rings. The second-order valence-corrected chi connectivity index (χ2v) is 8.49. The summed E-state index contributed by atoms with van der Waals surface area (Å²) in [7, 11) is -4.21. The summed E-state index contributed by atoms with van der Waals surface area (Å²) in [5, 5.41) is 0. The SMILES string of the molecule is O[P+](O)(O)P1CCCC1. The van der Waals surface area contributed by atoms with Gasteiger partial charge in [0.2, 0.25) is 0 Å². The average molecular weight is 169 g/mol. The highest BCUT2D eigenvalue weighted by atomic mass is 32.1. The Morgan fingerprint density at radius 2 is 1.44 bits per heavy atom. The van der Waals surface area contributed by atoms with E-state index in [1.165, 1.54) is 0 Å². The smallest absolute Gasteiger partial charge is 0.191 e. The molecular weight excluding hydrogens is 158 g/mol. The third-order valence-corrected chi connectivity index (χ3v) is 7.36. The van der Waals surface area contributed by atoms with Crippen molar-refractivity contribution in [2.75, 3.05) is 12.3 Å². The molecule has 0 radical (unpaired) electrons. The van der Waals surface area contributed by atoms with Crippen LogP contribution in [-0.4, -0.2) is 27.0 Å². The standard InChI is InChI=1S/C4H11O3P2/c5-9(6,7)8-3-1-2-4-8/h5-7H,1-4H2/q+1. The Kier molecular flexibility index (Phi) is 2.42. The van der Waals surface area contributed by atoms with Gasteiger partial charge >= 0.3 is 7.63 Å². The van der Waals surface area contributed by atoms with Gasteiger partial charge in [-0.25, -0.2) is 0 Å². The van der Waals surface area contributed by atoms with Crippen LogP contribution in [0.4, 0.5) is 0 Å². The zero-order chi connectivity index (χ0) is 6.91. The Morgan fingerprint density at radius 1 is 1.00 bits per heavy atom. The number of hydrogen-bond donors (Lipinski definition) is 3. The summed E-state index contributed by atoms with van der Waals surface area (Å²) in [5.41, 5.74) is 0. The molecule has 0 bridgehead atoms. The van der Waals surface area contributed by atoms with E-state index in [-0.39, 0.29) is 0 Å². The van der Waals surface area contributed by atoms with Crippen LogP contribution in [0.15, 0.2) is 0 Å². The van der Waals surface area contributed by atoms with Crippen LogP contribution >= 0.6 is 15.2 Å². The first-order valence-corrected chi connectivity index (χ1v) is 7.00. The topological polar surface area (TPSA) is 60.7 Å². The van der Waals surface area contributed by atoms with Gasteiger partial charge < -0.3 is 0 Å². The van der Waals surface area contributed by atoms with Crippen LogP contribution in [0.1, 0.15) is 12.8 Å². The first-order valence-electron chi connectivity index (χ1n) is 2.93. The Labute approximate surface area is 56.0 Å². The van der Waals surface area contributed by atoms with E-state index in [4.69, 9.17) is 14.7 Å². The molecule has 0 aromatic rings. The molecule has 9 heavy (non-hydrogen) atoms. The first kappa shape index (κ1) is 7.84. The van der Waals surface area contributed by atoms with E-state index in [1.54, 1.807) is 0 Å². The molecule has 0 unspecified atom stereocenters. The molecular formula is C4H11O3P2+. The van der Waals surface area contributed by atoms with Gasteiger partial charge in [0.1, 0.15) is 0 Å². The molecule has 0 spiro atoms. The lowest BCUT2D eigenvalue weighted by Crippen LogP contribution is -1.86. The molecule has 1 heterocycles. The van der Waals surface area contributed by atoms with Crippen LogP contribution in [0.3, 0.4) is 0 Å². The summed E-state index contributed by atoms with van der Waals surface area (Å²) in [4.78, 5) is 26.3. The van der Waals surface area contributed by atoms with Crippen LogP contribution in [0.5, 0.6) is 0 Å². The van der Waals surface area contributed by atoms with E-state index in [2.05, 4.69) is 0 Å². The van der Waals surface area contributed by atoms with Gasteiger partial charge in [-0.1, -0.05) is 0 Å². The summed E-state index contributed by atoms with van der Waals surface area (Å²) in [5.74, 6) is 0. The van der Waals surface area contributed by atoms with Crippen molar-refractivity contribution < 1.29 is 14.7 Å². The fourth-order valence-corrected chi connectivity index (χ4v) is 5.36. The monoisotopic (exact) mass is 169 g/mol. The van der Waals surface area contributed by atoms with E-state index >= 15 is 0 Å². The second-order valence-electron chi connectivity index (χ2n) is 2.20. The zero-order valence-corrected chi connectivity index (χ0v) is 6.85. The molecule has 0 atom stereocenters. The predicted molar refractivity (Wildman–Crippen MR) is 39.5 cm³/mol. The quantitative estimate of drug-likeness (QED) is 0.511. The molecule has 3 nitrogen and oxygen atoms in total. The average Bonchev–Trinajstić information content (AvgIpc) is 2.08. The highest BCUT2D eigenvalue weighted by Gasteiger charge is 2.44. The van der Waals surface area contributed by atoms with Gasteiger partial charge in [-0.15, -0.1) is 0 Å². The van der Waals surface area contributed by atoms with Gasteiger partial charge in [-0.2, -0.15) is 14.7 Å². The molecule has 0 aromatic heterocycles.